The van der Waals surface area contributed by atoms with Gasteiger partial charge in [-0.1, -0.05) is 23.2 Å². The Hall–Kier alpha value is -0.890. The van der Waals surface area contributed by atoms with E-state index < -0.39 is 10.0 Å². The maximum Gasteiger partial charge on any atom is 0.242 e. The zero-order valence-electron chi connectivity index (χ0n) is 9.65. The van der Waals surface area contributed by atoms with Crippen molar-refractivity contribution in [1.82, 2.24) is 14.6 Å². The van der Waals surface area contributed by atoms with Crippen LogP contribution in [-0.2, 0) is 14.8 Å². The number of carbonyl (C=O) groups is 1. The van der Waals surface area contributed by atoms with E-state index in [0.29, 0.717) is 0 Å². The lowest BCUT2D eigenvalue weighted by atomic mass is 10.5. The topological polar surface area (TPSA) is 79.4 Å². The zero-order chi connectivity index (χ0) is 13.9. The van der Waals surface area contributed by atoms with Crippen LogP contribution in [0.1, 0.15) is 0 Å². The third-order valence-corrected chi connectivity index (χ3v) is 4.05. The van der Waals surface area contributed by atoms with Gasteiger partial charge in [-0.2, -0.15) is 0 Å². The van der Waals surface area contributed by atoms with Gasteiger partial charge >= 0.3 is 0 Å². The molecule has 0 aromatic carbocycles. The summed E-state index contributed by atoms with van der Waals surface area (Å²) in [6.45, 7) is -0.338. The molecule has 0 atom stereocenters. The predicted octanol–water partition coefficient (Wildman–Crippen LogP) is 0.755. The molecule has 0 unspecified atom stereocenters. The summed E-state index contributed by atoms with van der Waals surface area (Å²) in [6, 6.07) is 1.17. The largest absolute Gasteiger partial charge is 0.348 e. The lowest BCUT2D eigenvalue weighted by Gasteiger charge is -2.11. The van der Waals surface area contributed by atoms with Gasteiger partial charge in [0.25, 0.3) is 0 Å². The van der Waals surface area contributed by atoms with Crippen molar-refractivity contribution in [3.63, 3.8) is 0 Å². The molecule has 1 N–H and O–H groups in total. The highest BCUT2D eigenvalue weighted by Crippen LogP contribution is 2.21. The number of sulfonamides is 1. The van der Waals surface area contributed by atoms with Gasteiger partial charge in [0.2, 0.25) is 15.9 Å². The molecule has 1 rings (SSSR count). The molecule has 0 saturated heterocycles. The molecule has 18 heavy (non-hydrogen) atoms. The molecule has 1 amide bonds. The van der Waals surface area contributed by atoms with Crippen molar-refractivity contribution in [1.29, 1.82) is 0 Å². The third kappa shape index (κ3) is 3.81. The molecule has 0 aliphatic carbocycles. The van der Waals surface area contributed by atoms with Gasteiger partial charge in [-0.3, -0.25) is 4.79 Å². The van der Waals surface area contributed by atoms with E-state index >= 15 is 0 Å². The SMILES string of the molecule is CN(C)C(=O)CNS(=O)(=O)c1cnc(Cl)c(Cl)c1. The average Bonchev–Trinajstić information content (AvgIpc) is 2.29. The fourth-order valence-corrected chi connectivity index (χ4v) is 2.23. The highest BCUT2D eigenvalue weighted by molar-refractivity contribution is 7.89. The van der Waals surface area contributed by atoms with Crippen LogP contribution in [0.3, 0.4) is 0 Å². The maximum atomic E-state index is 11.8. The van der Waals surface area contributed by atoms with Crippen LogP contribution in [0.15, 0.2) is 17.2 Å². The Morgan fingerprint density at radius 2 is 2.06 bits per heavy atom. The van der Waals surface area contributed by atoms with Crippen molar-refractivity contribution in [2.24, 2.45) is 0 Å². The summed E-state index contributed by atoms with van der Waals surface area (Å²) in [5.41, 5.74) is 0. The Morgan fingerprint density at radius 3 is 2.56 bits per heavy atom. The first-order chi connectivity index (χ1) is 8.24. The molecule has 1 aromatic rings. The molecular weight excluding hydrogens is 301 g/mol. The monoisotopic (exact) mass is 311 g/mol. The molecule has 6 nitrogen and oxygen atoms in total. The second kappa shape index (κ2) is 5.83. The van der Waals surface area contributed by atoms with Crippen LogP contribution in [0.2, 0.25) is 10.2 Å². The number of rotatable bonds is 4. The minimum atomic E-state index is -3.83. The standard InChI is InChI=1S/C9H11Cl2N3O3S/c1-14(2)8(15)5-13-18(16,17)6-3-7(10)9(11)12-4-6/h3-4,13H,5H2,1-2H3. The summed E-state index contributed by atoms with van der Waals surface area (Å²) >= 11 is 11.3. The number of likely N-dealkylation sites (N-methyl/N-ethyl adjacent to an activating group) is 1. The summed E-state index contributed by atoms with van der Waals surface area (Å²) in [5.74, 6) is -0.369. The van der Waals surface area contributed by atoms with Gasteiger partial charge in [0.15, 0.2) is 0 Å². The smallest absolute Gasteiger partial charge is 0.242 e. The van der Waals surface area contributed by atoms with E-state index in [1.54, 1.807) is 0 Å². The van der Waals surface area contributed by atoms with Crippen molar-refractivity contribution in [3.8, 4) is 0 Å². The molecule has 0 aliphatic heterocycles. The zero-order valence-corrected chi connectivity index (χ0v) is 12.0. The van der Waals surface area contributed by atoms with Gasteiger partial charge in [0, 0.05) is 20.3 Å². The van der Waals surface area contributed by atoms with Gasteiger partial charge in [-0.15, -0.1) is 0 Å². The van der Waals surface area contributed by atoms with Gasteiger partial charge < -0.3 is 4.90 Å². The number of hydrogen-bond acceptors (Lipinski definition) is 4. The van der Waals surface area contributed by atoms with Crippen LogP contribution < -0.4 is 4.72 Å². The normalized spacial score (nSPS) is 11.3. The number of nitrogens with zero attached hydrogens (tertiary/aromatic N) is 2. The van der Waals surface area contributed by atoms with Crippen LogP contribution in [-0.4, -0.2) is 44.8 Å². The number of amides is 1. The second-order valence-corrected chi connectivity index (χ2v) is 6.09. The van der Waals surface area contributed by atoms with Gasteiger partial charge in [-0.05, 0) is 6.07 Å². The molecule has 0 bridgehead atoms. The molecule has 100 valence electrons. The lowest BCUT2D eigenvalue weighted by molar-refractivity contribution is -0.127. The number of halogens is 2. The molecule has 1 heterocycles. The van der Waals surface area contributed by atoms with Gasteiger partial charge in [0.1, 0.15) is 10.0 Å². The fourth-order valence-electron chi connectivity index (χ4n) is 0.949. The Morgan fingerprint density at radius 1 is 1.44 bits per heavy atom. The van der Waals surface area contributed by atoms with Crippen LogP contribution in [0.4, 0.5) is 0 Å². The van der Waals surface area contributed by atoms with E-state index in [1.807, 2.05) is 0 Å². The molecule has 0 radical (unpaired) electrons. The van der Waals surface area contributed by atoms with E-state index in [1.165, 1.54) is 25.1 Å². The maximum absolute atomic E-state index is 11.8. The van der Waals surface area contributed by atoms with Crippen LogP contribution in [0.5, 0.6) is 0 Å². The lowest BCUT2D eigenvalue weighted by Crippen LogP contribution is -2.36. The van der Waals surface area contributed by atoms with Crippen LogP contribution in [0.25, 0.3) is 0 Å². The highest BCUT2D eigenvalue weighted by Gasteiger charge is 2.17. The molecule has 0 saturated carbocycles. The van der Waals surface area contributed by atoms with Crippen molar-refractivity contribution >= 4 is 39.1 Å². The Kier molecular flexibility index (Phi) is 4.92. The average molecular weight is 312 g/mol. The Labute approximate surface area is 115 Å². The van der Waals surface area contributed by atoms with E-state index in [-0.39, 0.29) is 27.5 Å². The molecule has 0 fully saturated rings. The minimum Gasteiger partial charge on any atom is -0.348 e. The number of pyridine rings is 1. The van der Waals surface area contributed by atoms with Crippen molar-refractivity contribution in [2.45, 2.75) is 4.90 Å². The quantitative estimate of drug-likeness (QED) is 0.832. The Balaban J connectivity index is 2.87. The summed E-state index contributed by atoms with van der Waals surface area (Å²) in [6.07, 6.45) is 1.07. The minimum absolute atomic E-state index is 0.0139. The first kappa shape index (κ1) is 15.2. The first-order valence-corrected chi connectivity index (χ1v) is 6.99. The predicted molar refractivity (Wildman–Crippen MR) is 68.1 cm³/mol. The van der Waals surface area contributed by atoms with E-state index in [4.69, 9.17) is 23.2 Å². The van der Waals surface area contributed by atoms with Crippen LogP contribution in [0, 0.1) is 0 Å². The van der Waals surface area contributed by atoms with E-state index in [0.717, 1.165) is 6.20 Å². The summed E-state index contributed by atoms with van der Waals surface area (Å²) in [5, 5.41) is 0.0402. The molecular formula is C9H11Cl2N3O3S. The molecule has 1 aromatic heterocycles. The highest BCUT2D eigenvalue weighted by atomic mass is 35.5. The number of carbonyl (C=O) groups excluding carboxylic acids is 1. The van der Waals surface area contributed by atoms with Gasteiger partial charge in [-0.25, -0.2) is 18.1 Å². The van der Waals surface area contributed by atoms with Gasteiger partial charge in [0.05, 0.1) is 11.6 Å². The fraction of sp³-hybridized carbons (Fsp3) is 0.333. The molecule has 0 aliphatic rings. The summed E-state index contributed by atoms with van der Waals surface area (Å²) in [4.78, 5) is 16.0. The van der Waals surface area contributed by atoms with Crippen molar-refractivity contribution in [2.75, 3.05) is 20.6 Å². The summed E-state index contributed by atoms with van der Waals surface area (Å²) < 4.78 is 25.7. The molecule has 9 heteroatoms. The number of nitrogens with one attached hydrogen (secondary N) is 1. The third-order valence-electron chi connectivity index (χ3n) is 1.99. The Bertz CT molecular complexity index is 560. The number of aromatic nitrogens is 1. The summed E-state index contributed by atoms with van der Waals surface area (Å²) in [7, 11) is -0.781. The van der Waals surface area contributed by atoms with Crippen molar-refractivity contribution in [3.05, 3.63) is 22.4 Å². The molecule has 0 spiro atoms. The second-order valence-electron chi connectivity index (χ2n) is 3.56. The van der Waals surface area contributed by atoms with E-state index in [9.17, 15) is 13.2 Å². The number of hydrogen-bond donors (Lipinski definition) is 1. The first-order valence-electron chi connectivity index (χ1n) is 4.75. The van der Waals surface area contributed by atoms with Crippen LogP contribution >= 0.6 is 23.2 Å². The van der Waals surface area contributed by atoms with Crippen molar-refractivity contribution < 1.29 is 13.2 Å². The van der Waals surface area contributed by atoms with E-state index in [2.05, 4.69) is 9.71 Å².